The Balaban J connectivity index is 0.000000963. The van der Waals surface area contributed by atoms with Gasteiger partial charge >= 0.3 is 5.65 Å². The van der Waals surface area contributed by atoms with Crippen LogP contribution in [-0.2, 0) is 0 Å². The second-order valence-corrected chi connectivity index (χ2v) is 3.35. The average Bonchev–Trinajstić information content (AvgIpc) is 2.74. The molecule has 16 heavy (non-hydrogen) atoms. The van der Waals surface area contributed by atoms with E-state index >= 15 is 0 Å². The first-order valence-corrected chi connectivity index (χ1v) is 4.84. The van der Waals surface area contributed by atoms with Gasteiger partial charge < -0.3 is 12.4 Å². The first-order valence-electron chi connectivity index (χ1n) is 4.84. The van der Waals surface area contributed by atoms with E-state index in [1.807, 2.05) is 41.2 Å². The average molecular weight is 232 g/mol. The number of benzene rings is 1. The van der Waals surface area contributed by atoms with Crippen LogP contribution in [0.1, 0.15) is 0 Å². The minimum absolute atomic E-state index is 0. The van der Waals surface area contributed by atoms with Crippen LogP contribution in [-0.4, -0.2) is 9.97 Å². The van der Waals surface area contributed by atoms with Crippen LogP contribution in [0.3, 0.4) is 0 Å². The Morgan fingerprint density at radius 3 is 2.62 bits per heavy atom. The molecule has 3 aromatic rings. The summed E-state index contributed by atoms with van der Waals surface area (Å²) in [5.41, 5.74) is 3.10. The Morgan fingerprint density at radius 1 is 1.00 bits per heavy atom. The topological polar surface area (TPSA) is 32.6 Å². The molecule has 4 heteroatoms. The molecular formula is C12H10ClN3. The Kier molecular flexibility index (Phi) is 2.88. The molecule has 0 unspecified atom stereocenters. The lowest BCUT2D eigenvalue weighted by Gasteiger charge is -1.94. The summed E-state index contributed by atoms with van der Waals surface area (Å²) in [4.78, 5) is 7.54. The van der Waals surface area contributed by atoms with Crippen LogP contribution in [0.2, 0.25) is 0 Å². The zero-order valence-electron chi connectivity index (χ0n) is 8.47. The lowest BCUT2D eigenvalue weighted by atomic mass is 10.3. The quantitative estimate of drug-likeness (QED) is 0.527. The van der Waals surface area contributed by atoms with Crippen LogP contribution in [0.5, 0.6) is 0 Å². The Hall–Kier alpha value is -1.87. The van der Waals surface area contributed by atoms with Crippen LogP contribution in [0, 0.1) is 0 Å². The fraction of sp³-hybridized carbons (Fsp3) is 0. The van der Waals surface area contributed by atoms with Crippen molar-refractivity contribution in [1.82, 2.24) is 9.97 Å². The SMILES string of the molecule is [Cl-].c1ccc(-[n+]2c[nH]c3cccnc32)cc1. The van der Waals surface area contributed by atoms with Gasteiger partial charge in [0.1, 0.15) is 11.9 Å². The van der Waals surface area contributed by atoms with Crippen molar-refractivity contribution in [1.29, 1.82) is 0 Å². The number of imidazole rings is 1. The number of H-pyrrole nitrogens is 1. The van der Waals surface area contributed by atoms with Gasteiger partial charge in [-0.05, 0) is 24.3 Å². The van der Waals surface area contributed by atoms with Crippen molar-refractivity contribution in [2.45, 2.75) is 0 Å². The lowest BCUT2D eigenvalue weighted by molar-refractivity contribution is -0.569. The molecule has 3 nitrogen and oxygen atoms in total. The van der Waals surface area contributed by atoms with Gasteiger partial charge in [-0.25, -0.2) is 0 Å². The Bertz CT molecular complexity index is 589. The molecule has 0 spiro atoms. The maximum atomic E-state index is 4.35. The van der Waals surface area contributed by atoms with E-state index in [1.165, 1.54) is 0 Å². The van der Waals surface area contributed by atoms with E-state index in [4.69, 9.17) is 0 Å². The van der Waals surface area contributed by atoms with Gasteiger partial charge in [0.25, 0.3) is 0 Å². The number of rotatable bonds is 1. The van der Waals surface area contributed by atoms with E-state index in [9.17, 15) is 0 Å². The van der Waals surface area contributed by atoms with Crippen LogP contribution in [0.15, 0.2) is 55.0 Å². The number of aromatic amines is 1. The molecular weight excluding hydrogens is 222 g/mol. The molecule has 0 aliphatic heterocycles. The summed E-state index contributed by atoms with van der Waals surface area (Å²) in [5.74, 6) is 0. The number of nitrogens with one attached hydrogen (secondary N) is 1. The summed E-state index contributed by atoms with van der Waals surface area (Å²) in [6, 6.07) is 14.1. The highest BCUT2D eigenvalue weighted by atomic mass is 35.5. The first-order chi connectivity index (χ1) is 7.45. The lowest BCUT2D eigenvalue weighted by Crippen LogP contribution is -3.00. The van der Waals surface area contributed by atoms with Gasteiger partial charge in [0.05, 0.1) is 0 Å². The van der Waals surface area contributed by atoms with Crippen molar-refractivity contribution < 1.29 is 17.0 Å². The van der Waals surface area contributed by atoms with Gasteiger partial charge in [-0.15, -0.1) is 4.98 Å². The largest absolute Gasteiger partial charge is 1.00 e. The first kappa shape index (κ1) is 10.6. The fourth-order valence-corrected chi connectivity index (χ4v) is 1.68. The molecule has 0 amide bonds. The van der Waals surface area contributed by atoms with E-state index in [1.54, 1.807) is 6.20 Å². The molecule has 3 rings (SSSR count). The van der Waals surface area contributed by atoms with Crippen LogP contribution in [0.25, 0.3) is 16.9 Å². The molecule has 0 aliphatic carbocycles. The number of para-hydroxylation sites is 1. The minimum atomic E-state index is 0. The molecule has 0 atom stereocenters. The Labute approximate surface area is 99.2 Å². The van der Waals surface area contributed by atoms with Crippen molar-refractivity contribution in [2.24, 2.45) is 0 Å². The van der Waals surface area contributed by atoms with Crippen LogP contribution >= 0.6 is 0 Å². The van der Waals surface area contributed by atoms with Crippen molar-refractivity contribution in [2.75, 3.05) is 0 Å². The minimum Gasteiger partial charge on any atom is -1.00 e. The second-order valence-electron chi connectivity index (χ2n) is 3.35. The van der Waals surface area contributed by atoms with Crippen molar-refractivity contribution in [3.8, 4) is 5.69 Å². The molecule has 0 bridgehead atoms. The van der Waals surface area contributed by atoms with Crippen molar-refractivity contribution in [3.63, 3.8) is 0 Å². The molecule has 0 saturated carbocycles. The highest BCUT2D eigenvalue weighted by Crippen LogP contribution is 2.06. The normalized spacial score (nSPS) is 10.0. The molecule has 0 aliphatic rings. The zero-order valence-corrected chi connectivity index (χ0v) is 9.22. The molecule has 80 valence electrons. The van der Waals surface area contributed by atoms with Gasteiger partial charge in [0, 0.05) is 0 Å². The molecule has 0 fully saturated rings. The molecule has 2 heterocycles. The predicted molar refractivity (Wildman–Crippen MR) is 57.6 cm³/mol. The summed E-state index contributed by atoms with van der Waals surface area (Å²) in [6.45, 7) is 0. The number of fused-ring (bicyclic) bond motifs is 1. The van der Waals surface area contributed by atoms with E-state index in [0.29, 0.717) is 0 Å². The molecule has 0 saturated heterocycles. The van der Waals surface area contributed by atoms with E-state index < -0.39 is 0 Å². The van der Waals surface area contributed by atoms with Crippen LogP contribution in [0.4, 0.5) is 0 Å². The number of hydrogen-bond donors (Lipinski definition) is 1. The number of hydrogen-bond acceptors (Lipinski definition) is 1. The smallest absolute Gasteiger partial charge is 0.306 e. The van der Waals surface area contributed by atoms with E-state index in [2.05, 4.69) is 22.1 Å². The van der Waals surface area contributed by atoms with Gasteiger partial charge in [0.15, 0.2) is 11.8 Å². The highest BCUT2D eigenvalue weighted by molar-refractivity contribution is 5.66. The maximum Gasteiger partial charge on any atom is 0.306 e. The Morgan fingerprint density at radius 2 is 1.81 bits per heavy atom. The summed E-state index contributed by atoms with van der Waals surface area (Å²) in [6.07, 6.45) is 3.72. The van der Waals surface area contributed by atoms with E-state index in [-0.39, 0.29) is 12.4 Å². The second kappa shape index (κ2) is 4.33. The van der Waals surface area contributed by atoms with Crippen LogP contribution < -0.4 is 17.0 Å². The third kappa shape index (κ3) is 1.66. The monoisotopic (exact) mass is 231 g/mol. The molecule has 1 aromatic carbocycles. The van der Waals surface area contributed by atoms with Gasteiger partial charge in [0.2, 0.25) is 0 Å². The number of halogens is 1. The highest BCUT2D eigenvalue weighted by Gasteiger charge is 2.10. The summed E-state index contributed by atoms with van der Waals surface area (Å²) in [5, 5.41) is 0. The molecule has 2 aromatic heterocycles. The standard InChI is InChI=1S/C12H9N3.ClH/c1-2-5-10(6-3-1)15-9-14-11-7-4-8-13-12(11)15;/h1-9H;1H. The number of pyridine rings is 1. The van der Waals surface area contributed by atoms with Gasteiger partial charge in [-0.1, -0.05) is 18.2 Å². The number of aromatic nitrogens is 3. The summed E-state index contributed by atoms with van der Waals surface area (Å²) >= 11 is 0. The summed E-state index contributed by atoms with van der Waals surface area (Å²) in [7, 11) is 0. The zero-order chi connectivity index (χ0) is 10.1. The molecule has 1 N–H and O–H groups in total. The van der Waals surface area contributed by atoms with Crippen molar-refractivity contribution in [3.05, 3.63) is 55.0 Å². The van der Waals surface area contributed by atoms with Crippen molar-refractivity contribution >= 4 is 11.2 Å². The van der Waals surface area contributed by atoms with E-state index in [0.717, 1.165) is 16.9 Å². The summed E-state index contributed by atoms with van der Waals surface area (Å²) < 4.78 is 2.04. The third-order valence-electron chi connectivity index (χ3n) is 2.40. The number of nitrogens with zero attached hydrogens (tertiary/aromatic N) is 2. The third-order valence-corrected chi connectivity index (χ3v) is 2.40. The van der Waals surface area contributed by atoms with Gasteiger partial charge in [-0.2, -0.15) is 4.57 Å². The maximum absolute atomic E-state index is 4.35. The van der Waals surface area contributed by atoms with Gasteiger partial charge in [-0.3, -0.25) is 4.98 Å². The predicted octanol–water partition coefficient (Wildman–Crippen LogP) is -1.16. The fourth-order valence-electron chi connectivity index (χ4n) is 1.68. The molecule has 0 radical (unpaired) electrons.